The van der Waals surface area contributed by atoms with Gasteiger partial charge in [0.1, 0.15) is 0 Å². The van der Waals surface area contributed by atoms with Crippen LogP contribution < -0.4 is 0 Å². The molecule has 0 unspecified atom stereocenters. The molecule has 0 aliphatic rings. The predicted octanol–water partition coefficient (Wildman–Crippen LogP) is 3.43. The van der Waals surface area contributed by atoms with E-state index in [1.165, 1.54) is 0 Å². The Bertz CT molecular complexity index is 276. The zero-order valence-electron chi connectivity index (χ0n) is 17.2. The molecule has 0 atom stereocenters. The average molecular weight is 380 g/mol. The van der Waals surface area contributed by atoms with Crippen LogP contribution in [0.4, 0.5) is 0 Å². The van der Waals surface area contributed by atoms with Gasteiger partial charge in [-0.1, -0.05) is 0 Å². The molecule has 0 aromatic carbocycles. The summed E-state index contributed by atoms with van der Waals surface area (Å²) in [4.78, 5) is 2.27. The third-order valence-corrected chi connectivity index (χ3v) is 9.80. The standard InChI is InChI=1S/C17H41NO4Si2/c1-18(10-14-21-12-8-16-23(4,5)19-2)11-15-22-13-9-17-24(6,7)20-3/h8-17H2,1-7H3. The molecule has 0 bridgehead atoms. The molecule has 0 aliphatic carbocycles. The van der Waals surface area contributed by atoms with Crippen LogP contribution >= 0.6 is 0 Å². The Hall–Kier alpha value is 0.234. The molecule has 0 fully saturated rings. The topological polar surface area (TPSA) is 40.2 Å². The average Bonchev–Trinajstić information content (AvgIpc) is 2.54. The van der Waals surface area contributed by atoms with Gasteiger partial charge in [-0.05, 0) is 58.2 Å². The first kappa shape index (κ1) is 24.2. The zero-order valence-corrected chi connectivity index (χ0v) is 19.2. The van der Waals surface area contributed by atoms with E-state index >= 15 is 0 Å². The van der Waals surface area contributed by atoms with Crippen molar-refractivity contribution < 1.29 is 18.3 Å². The van der Waals surface area contributed by atoms with Gasteiger partial charge in [-0.15, -0.1) is 0 Å². The largest absolute Gasteiger partial charge is 0.420 e. The molecule has 5 nitrogen and oxygen atoms in total. The van der Waals surface area contributed by atoms with Crippen LogP contribution in [0.1, 0.15) is 12.8 Å². The maximum absolute atomic E-state index is 5.71. The molecule has 0 rings (SSSR count). The second-order valence-corrected chi connectivity index (χ2v) is 16.5. The molecular formula is C17H41NO4Si2. The maximum atomic E-state index is 5.71. The van der Waals surface area contributed by atoms with Crippen molar-refractivity contribution in [1.82, 2.24) is 4.90 Å². The van der Waals surface area contributed by atoms with Crippen LogP contribution in [0.2, 0.25) is 38.3 Å². The summed E-state index contributed by atoms with van der Waals surface area (Å²) in [5.74, 6) is 0. The molecule has 0 radical (unpaired) electrons. The minimum Gasteiger partial charge on any atom is -0.420 e. The summed E-state index contributed by atoms with van der Waals surface area (Å²) in [6, 6.07) is 2.33. The van der Waals surface area contributed by atoms with Crippen LogP contribution in [0.3, 0.4) is 0 Å². The summed E-state index contributed by atoms with van der Waals surface area (Å²) in [5.41, 5.74) is 0. The molecule has 0 amide bonds. The van der Waals surface area contributed by atoms with E-state index in [2.05, 4.69) is 38.1 Å². The minimum atomic E-state index is -1.41. The van der Waals surface area contributed by atoms with Gasteiger partial charge in [0.25, 0.3) is 0 Å². The first-order chi connectivity index (χ1) is 11.2. The SMILES string of the molecule is CO[Si](C)(C)CCCOCCN(C)CCOCCC[Si](C)(C)OC. The highest BCUT2D eigenvalue weighted by Gasteiger charge is 2.20. The van der Waals surface area contributed by atoms with E-state index in [0.717, 1.165) is 64.4 Å². The first-order valence-corrected chi connectivity index (χ1v) is 15.4. The maximum Gasteiger partial charge on any atom is 0.186 e. The van der Waals surface area contributed by atoms with Crippen LogP contribution in [0.25, 0.3) is 0 Å². The number of nitrogens with zero attached hydrogens (tertiary/aromatic N) is 1. The Kier molecular flexibility index (Phi) is 13.6. The van der Waals surface area contributed by atoms with Gasteiger partial charge in [0.15, 0.2) is 16.6 Å². The van der Waals surface area contributed by atoms with E-state index in [4.69, 9.17) is 18.3 Å². The van der Waals surface area contributed by atoms with Crippen LogP contribution in [0.15, 0.2) is 0 Å². The molecule has 0 saturated carbocycles. The number of hydrogen-bond acceptors (Lipinski definition) is 5. The number of rotatable bonds is 16. The molecular weight excluding hydrogens is 338 g/mol. The summed E-state index contributed by atoms with van der Waals surface area (Å²) >= 11 is 0. The molecule has 24 heavy (non-hydrogen) atoms. The Morgan fingerprint density at radius 2 is 1.04 bits per heavy atom. The van der Waals surface area contributed by atoms with Gasteiger partial charge >= 0.3 is 0 Å². The van der Waals surface area contributed by atoms with Crippen molar-refractivity contribution in [3.8, 4) is 0 Å². The lowest BCUT2D eigenvalue weighted by Crippen LogP contribution is -2.29. The van der Waals surface area contributed by atoms with Crippen LogP contribution in [0.5, 0.6) is 0 Å². The Morgan fingerprint density at radius 1 is 0.667 bits per heavy atom. The first-order valence-electron chi connectivity index (χ1n) is 9.17. The number of likely N-dealkylation sites (N-methyl/N-ethyl adjacent to an activating group) is 1. The van der Waals surface area contributed by atoms with E-state index in [9.17, 15) is 0 Å². The van der Waals surface area contributed by atoms with Gasteiger partial charge in [0.2, 0.25) is 0 Å². The van der Waals surface area contributed by atoms with Gasteiger partial charge in [-0.2, -0.15) is 0 Å². The number of hydrogen-bond donors (Lipinski definition) is 0. The van der Waals surface area contributed by atoms with Crippen molar-refractivity contribution in [3.63, 3.8) is 0 Å². The smallest absolute Gasteiger partial charge is 0.186 e. The summed E-state index contributed by atoms with van der Waals surface area (Å²) in [6.45, 7) is 14.2. The van der Waals surface area contributed by atoms with Crippen LogP contribution in [0, 0.1) is 0 Å². The van der Waals surface area contributed by atoms with E-state index in [1.54, 1.807) is 0 Å². The summed E-state index contributed by atoms with van der Waals surface area (Å²) in [5, 5.41) is 0. The Labute approximate surface area is 152 Å². The normalized spacial score (nSPS) is 13.0. The van der Waals surface area contributed by atoms with E-state index in [-0.39, 0.29) is 0 Å². The van der Waals surface area contributed by atoms with Gasteiger partial charge in [0.05, 0.1) is 13.2 Å². The van der Waals surface area contributed by atoms with Crippen molar-refractivity contribution in [2.24, 2.45) is 0 Å². The van der Waals surface area contributed by atoms with E-state index in [0.29, 0.717) is 0 Å². The minimum absolute atomic E-state index is 0.791. The fourth-order valence-electron chi connectivity index (χ4n) is 2.16. The van der Waals surface area contributed by atoms with Crippen molar-refractivity contribution >= 4 is 16.6 Å². The number of ether oxygens (including phenoxy) is 2. The lowest BCUT2D eigenvalue weighted by molar-refractivity contribution is 0.0841. The molecule has 7 heteroatoms. The third-order valence-electron chi connectivity index (χ3n) is 4.47. The summed E-state index contributed by atoms with van der Waals surface area (Å²) < 4.78 is 22.5. The summed E-state index contributed by atoms with van der Waals surface area (Å²) in [6.07, 6.45) is 2.20. The second kappa shape index (κ2) is 13.4. The highest BCUT2D eigenvalue weighted by molar-refractivity contribution is 6.71. The highest BCUT2D eigenvalue weighted by Crippen LogP contribution is 2.12. The fraction of sp³-hybridized carbons (Fsp3) is 1.00. The Morgan fingerprint density at radius 3 is 1.38 bits per heavy atom. The Balaban J connectivity index is 3.40. The van der Waals surface area contributed by atoms with Crippen molar-refractivity contribution in [3.05, 3.63) is 0 Å². The molecule has 0 aromatic heterocycles. The molecule has 0 N–H and O–H groups in total. The van der Waals surface area contributed by atoms with Gasteiger partial charge in [0, 0.05) is 40.5 Å². The molecule has 0 aliphatic heterocycles. The van der Waals surface area contributed by atoms with Crippen molar-refractivity contribution in [1.29, 1.82) is 0 Å². The van der Waals surface area contributed by atoms with Gasteiger partial charge in [-0.3, -0.25) is 0 Å². The monoisotopic (exact) mass is 379 g/mol. The molecule has 0 spiro atoms. The van der Waals surface area contributed by atoms with Gasteiger partial charge in [-0.25, -0.2) is 0 Å². The molecule has 0 heterocycles. The van der Waals surface area contributed by atoms with Crippen molar-refractivity contribution in [2.45, 2.75) is 51.1 Å². The van der Waals surface area contributed by atoms with Gasteiger partial charge < -0.3 is 23.2 Å². The summed E-state index contributed by atoms with van der Waals surface area (Å²) in [7, 11) is 2.94. The quantitative estimate of drug-likeness (QED) is 0.303. The molecule has 0 saturated heterocycles. The van der Waals surface area contributed by atoms with E-state index < -0.39 is 16.6 Å². The molecule has 0 aromatic rings. The predicted molar refractivity (Wildman–Crippen MR) is 107 cm³/mol. The molecule has 146 valence electrons. The van der Waals surface area contributed by atoms with Crippen molar-refractivity contribution in [2.75, 3.05) is 60.8 Å². The fourth-order valence-corrected chi connectivity index (χ4v) is 4.56. The van der Waals surface area contributed by atoms with Crippen LogP contribution in [-0.4, -0.2) is 82.3 Å². The third kappa shape index (κ3) is 14.6. The van der Waals surface area contributed by atoms with Crippen LogP contribution in [-0.2, 0) is 18.3 Å². The second-order valence-electron chi connectivity index (χ2n) is 7.66. The lowest BCUT2D eigenvalue weighted by atomic mass is 10.5. The lowest BCUT2D eigenvalue weighted by Gasteiger charge is -2.20. The zero-order chi connectivity index (χ0) is 18.5. The van der Waals surface area contributed by atoms with E-state index in [1.807, 2.05) is 14.2 Å². The highest BCUT2D eigenvalue weighted by atomic mass is 28.4.